The van der Waals surface area contributed by atoms with Gasteiger partial charge in [-0.15, -0.1) is 0 Å². The van der Waals surface area contributed by atoms with E-state index in [2.05, 4.69) is 15.3 Å². The number of halogens is 1. The van der Waals surface area contributed by atoms with Gasteiger partial charge in [-0.2, -0.15) is 0 Å². The fourth-order valence-electron chi connectivity index (χ4n) is 0.535. The fourth-order valence-corrected chi connectivity index (χ4v) is 0.682. The van der Waals surface area contributed by atoms with Gasteiger partial charge in [0.05, 0.1) is 6.26 Å². The monoisotopic (exact) mass is 171 g/mol. The molecule has 0 radical (unpaired) electrons. The van der Waals surface area contributed by atoms with Crippen LogP contribution in [0.25, 0.3) is 0 Å². The van der Waals surface area contributed by atoms with Crippen LogP contribution in [0.1, 0.15) is 0 Å². The second kappa shape index (κ2) is 3.78. The van der Waals surface area contributed by atoms with Gasteiger partial charge in [0.15, 0.2) is 0 Å². The van der Waals surface area contributed by atoms with Crippen molar-refractivity contribution in [2.24, 2.45) is 0 Å². The number of aliphatic hydroxyl groups excluding tert-OH is 1. The Morgan fingerprint density at radius 3 is 3.00 bits per heavy atom. The largest absolute Gasteiger partial charge is 0.514 e. The molecule has 0 aromatic carbocycles. The number of rotatable bonds is 2. The second-order valence-electron chi connectivity index (χ2n) is 1.69. The number of anilines is 1. The molecule has 1 rings (SSSR count). The maximum atomic E-state index is 8.28. The maximum Gasteiger partial charge on any atom is 0.134 e. The summed E-state index contributed by atoms with van der Waals surface area (Å²) in [6, 6.07) is 1.54. The maximum absolute atomic E-state index is 8.28. The molecule has 0 fully saturated rings. The summed E-state index contributed by atoms with van der Waals surface area (Å²) in [4.78, 5) is 7.48. The average Bonchev–Trinajstić information content (AvgIpc) is 2.01. The van der Waals surface area contributed by atoms with Crippen molar-refractivity contribution in [3.8, 4) is 0 Å². The third-order valence-electron chi connectivity index (χ3n) is 0.939. The first-order chi connectivity index (χ1) is 5.33. The zero-order valence-electron chi connectivity index (χ0n) is 5.53. The van der Waals surface area contributed by atoms with E-state index in [0.717, 1.165) is 6.26 Å². The van der Waals surface area contributed by atoms with E-state index in [1.165, 1.54) is 12.5 Å². The summed E-state index contributed by atoms with van der Waals surface area (Å²) in [7, 11) is 0. The summed E-state index contributed by atoms with van der Waals surface area (Å²) in [5, 5.41) is 11.3. The van der Waals surface area contributed by atoms with Crippen molar-refractivity contribution < 1.29 is 5.11 Å². The Bertz CT molecular complexity index is 264. The lowest BCUT2D eigenvalue weighted by Crippen LogP contribution is -1.91. The molecule has 0 aliphatic heterocycles. The van der Waals surface area contributed by atoms with Crippen LogP contribution in [0.15, 0.2) is 24.9 Å². The normalized spacial score (nSPS) is 10.3. The van der Waals surface area contributed by atoms with Crippen molar-refractivity contribution in [3.63, 3.8) is 0 Å². The van der Waals surface area contributed by atoms with E-state index in [9.17, 15) is 0 Å². The molecule has 0 saturated heterocycles. The Labute approximate surface area is 68.6 Å². The molecule has 11 heavy (non-hydrogen) atoms. The molecule has 1 heterocycles. The molecule has 1 aromatic heterocycles. The Hall–Kier alpha value is -1.29. The summed E-state index contributed by atoms with van der Waals surface area (Å²) in [5.74, 6) is 0.537. The quantitative estimate of drug-likeness (QED) is 0.524. The van der Waals surface area contributed by atoms with Gasteiger partial charge >= 0.3 is 0 Å². The van der Waals surface area contributed by atoms with Crippen LogP contribution < -0.4 is 5.32 Å². The van der Waals surface area contributed by atoms with Crippen molar-refractivity contribution in [3.05, 3.63) is 30.0 Å². The van der Waals surface area contributed by atoms with E-state index < -0.39 is 0 Å². The van der Waals surface area contributed by atoms with Crippen LogP contribution >= 0.6 is 11.6 Å². The van der Waals surface area contributed by atoms with E-state index in [-0.39, 0.29) is 0 Å². The molecule has 58 valence electrons. The van der Waals surface area contributed by atoms with Crippen LogP contribution in [0.4, 0.5) is 5.82 Å². The first-order valence-electron chi connectivity index (χ1n) is 2.86. The van der Waals surface area contributed by atoms with Crippen molar-refractivity contribution >= 4 is 17.4 Å². The summed E-state index contributed by atoms with van der Waals surface area (Å²) in [5.41, 5.74) is 0. The Morgan fingerprint density at radius 2 is 2.36 bits per heavy atom. The highest BCUT2D eigenvalue weighted by Crippen LogP contribution is 2.07. The van der Waals surface area contributed by atoms with E-state index in [1.807, 2.05) is 0 Å². The van der Waals surface area contributed by atoms with Crippen LogP contribution in [0.5, 0.6) is 0 Å². The molecule has 0 atom stereocenters. The number of aromatic nitrogens is 2. The van der Waals surface area contributed by atoms with Gasteiger partial charge in [-0.3, -0.25) is 0 Å². The minimum absolute atomic E-state index is 0.355. The Kier molecular flexibility index (Phi) is 2.68. The fraction of sp³-hybridized carbons (Fsp3) is 0. The number of hydrogen-bond donors (Lipinski definition) is 2. The van der Waals surface area contributed by atoms with E-state index in [4.69, 9.17) is 16.7 Å². The van der Waals surface area contributed by atoms with E-state index >= 15 is 0 Å². The van der Waals surface area contributed by atoms with Gasteiger partial charge in [0.1, 0.15) is 17.3 Å². The van der Waals surface area contributed by atoms with E-state index in [0.29, 0.717) is 11.0 Å². The highest BCUT2D eigenvalue weighted by Gasteiger charge is 1.91. The molecule has 5 heteroatoms. The van der Waals surface area contributed by atoms with Crippen LogP contribution in [-0.4, -0.2) is 15.1 Å². The smallest absolute Gasteiger partial charge is 0.134 e. The molecule has 0 spiro atoms. The predicted molar refractivity (Wildman–Crippen MR) is 42.4 cm³/mol. The number of aliphatic hydroxyl groups is 1. The zero-order valence-corrected chi connectivity index (χ0v) is 6.28. The number of nitrogens with one attached hydrogen (secondary N) is 1. The predicted octanol–water partition coefficient (Wildman–Crippen LogP) is 1.57. The topological polar surface area (TPSA) is 58.0 Å². The molecule has 0 aliphatic carbocycles. The molecule has 2 N–H and O–H groups in total. The van der Waals surface area contributed by atoms with Gasteiger partial charge < -0.3 is 10.4 Å². The summed E-state index contributed by atoms with van der Waals surface area (Å²) < 4.78 is 0. The van der Waals surface area contributed by atoms with Gasteiger partial charge in [0, 0.05) is 12.3 Å². The van der Waals surface area contributed by atoms with E-state index in [1.54, 1.807) is 6.07 Å². The average molecular weight is 172 g/mol. The molecular formula is C6H6ClN3O. The molecule has 4 nitrogen and oxygen atoms in total. The van der Waals surface area contributed by atoms with Crippen LogP contribution in [0.2, 0.25) is 5.15 Å². The van der Waals surface area contributed by atoms with Crippen molar-refractivity contribution in [1.82, 2.24) is 9.97 Å². The summed E-state index contributed by atoms with van der Waals surface area (Å²) >= 11 is 5.55. The SMILES string of the molecule is O/C=C/Nc1cc(Cl)ncn1. The third-order valence-corrected chi connectivity index (χ3v) is 1.15. The standard InChI is InChI=1S/C6H6ClN3O/c7-5-3-6(8-1-2-11)10-4-9-5/h1-4,11H,(H,8,9,10)/b2-1+. The molecule has 0 bridgehead atoms. The Balaban J connectivity index is 2.71. The molecular weight excluding hydrogens is 166 g/mol. The van der Waals surface area contributed by atoms with Crippen LogP contribution in [0, 0.1) is 0 Å². The van der Waals surface area contributed by atoms with Gasteiger partial charge in [0.25, 0.3) is 0 Å². The van der Waals surface area contributed by atoms with Crippen molar-refractivity contribution in [1.29, 1.82) is 0 Å². The third kappa shape index (κ3) is 2.43. The van der Waals surface area contributed by atoms with Crippen LogP contribution in [-0.2, 0) is 0 Å². The lowest BCUT2D eigenvalue weighted by molar-refractivity contribution is 0.473. The van der Waals surface area contributed by atoms with Crippen LogP contribution in [0.3, 0.4) is 0 Å². The lowest BCUT2D eigenvalue weighted by atomic mass is 10.6. The zero-order chi connectivity index (χ0) is 8.10. The van der Waals surface area contributed by atoms with Gasteiger partial charge in [-0.05, 0) is 0 Å². The first kappa shape index (κ1) is 7.81. The minimum Gasteiger partial charge on any atom is -0.514 e. The molecule has 0 aliphatic rings. The van der Waals surface area contributed by atoms with Gasteiger partial charge in [-0.25, -0.2) is 9.97 Å². The number of nitrogens with zero attached hydrogens (tertiary/aromatic N) is 2. The number of hydrogen-bond acceptors (Lipinski definition) is 4. The first-order valence-corrected chi connectivity index (χ1v) is 3.24. The summed E-state index contributed by atoms with van der Waals surface area (Å²) in [6.07, 6.45) is 3.53. The van der Waals surface area contributed by atoms with Crippen molar-refractivity contribution in [2.75, 3.05) is 5.32 Å². The molecule has 1 aromatic rings. The molecule has 0 amide bonds. The van der Waals surface area contributed by atoms with Gasteiger partial charge in [0.2, 0.25) is 0 Å². The molecule has 0 unspecified atom stereocenters. The minimum atomic E-state index is 0.355. The molecule has 0 saturated carbocycles. The lowest BCUT2D eigenvalue weighted by Gasteiger charge is -1.96. The van der Waals surface area contributed by atoms with Gasteiger partial charge in [-0.1, -0.05) is 11.6 Å². The highest BCUT2D eigenvalue weighted by atomic mass is 35.5. The Morgan fingerprint density at radius 1 is 1.55 bits per heavy atom. The van der Waals surface area contributed by atoms with Crippen molar-refractivity contribution in [2.45, 2.75) is 0 Å². The second-order valence-corrected chi connectivity index (χ2v) is 2.07. The summed E-state index contributed by atoms with van der Waals surface area (Å²) in [6.45, 7) is 0. The highest BCUT2D eigenvalue weighted by molar-refractivity contribution is 6.29.